The molecule has 210 valence electrons. The Kier molecular flexibility index (Phi) is 6.17. The maximum absolute atomic E-state index is 14.6. The van der Waals surface area contributed by atoms with E-state index in [0.29, 0.717) is 19.0 Å². The minimum atomic E-state index is -3.17. The number of fused-ring (bicyclic) bond motifs is 5. The fourth-order valence-corrected chi connectivity index (χ4v) is 7.44. The summed E-state index contributed by atoms with van der Waals surface area (Å²) in [5, 5.41) is 8.87. The number of benzene rings is 1. The highest BCUT2D eigenvalue weighted by Gasteiger charge is 2.65. The number of nitrogens with zero attached hydrogens (tertiary/aromatic N) is 6. The Balaban J connectivity index is 1.33. The first-order chi connectivity index (χ1) is 18.9. The van der Waals surface area contributed by atoms with Crippen molar-refractivity contribution in [2.75, 3.05) is 43.1 Å². The van der Waals surface area contributed by atoms with Crippen LogP contribution in [0.5, 0.6) is 0 Å². The Hall–Kier alpha value is -3.54. The second-order valence-corrected chi connectivity index (χ2v) is 13.8. The van der Waals surface area contributed by atoms with Gasteiger partial charge in [0.2, 0.25) is 11.9 Å². The summed E-state index contributed by atoms with van der Waals surface area (Å²) >= 11 is 0. The third-order valence-electron chi connectivity index (χ3n) is 9.01. The largest absolute Gasteiger partial charge is 0.338 e. The number of aromatic nitrogens is 4. The van der Waals surface area contributed by atoms with E-state index in [9.17, 15) is 22.0 Å². The first-order valence-corrected chi connectivity index (χ1v) is 15.3. The predicted octanol–water partition coefficient (Wildman–Crippen LogP) is 3.11. The Morgan fingerprint density at radius 3 is 2.55 bits per heavy atom. The lowest BCUT2D eigenvalue weighted by atomic mass is 9.66. The number of hydrogen-bond acceptors (Lipinski definition) is 8. The van der Waals surface area contributed by atoms with Gasteiger partial charge in [0.1, 0.15) is 21.5 Å². The van der Waals surface area contributed by atoms with Gasteiger partial charge in [-0.1, -0.05) is 19.9 Å². The number of anilines is 1. The van der Waals surface area contributed by atoms with Gasteiger partial charge in [0, 0.05) is 32.1 Å². The van der Waals surface area contributed by atoms with Crippen molar-refractivity contribution in [3.63, 3.8) is 0 Å². The molecule has 3 heterocycles. The van der Waals surface area contributed by atoms with Crippen LogP contribution < -0.4 is 4.90 Å². The van der Waals surface area contributed by atoms with Crippen molar-refractivity contribution in [2.45, 2.75) is 38.0 Å². The topological polar surface area (TPSA) is 109 Å². The second-order valence-electron chi connectivity index (χ2n) is 11.5. The third-order valence-corrected chi connectivity index (χ3v) is 9.94. The smallest absolute Gasteiger partial charge is 0.242 e. The molecule has 9 nitrogen and oxygen atoms in total. The molecule has 12 heteroatoms. The molecule has 40 heavy (non-hydrogen) atoms. The lowest BCUT2D eigenvalue weighted by Crippen LogP contribution is -2.52. The molecule has 0 radical (unpaired) electrons. The van der Waals surface area contributed by atoms with Crippen molar-refractivity contribution in [3.8, 4) is 11.3 Å². The Morgan fingerprint density at radius 2 is 1.85 bits per heavy atom. The van der Waals surface area contributed by atoms with Crippen LogP contribution in [0.3, 0.4) is 0 Å². The number of hydrogen-bond donors (Lipinski definition) is 0. The highest BCUT2D eigenvalue weighted by molar-refractivity contribution is 7.90. The van der Waals surface area contributed by atoms with Gasteiger partial charge in [-0.2, -0.15) is 5.10 Å². The zero-order chi connectivity index (χ0) is 28.4. The molecule has 2 atom stereocenters. The normalized spacial score (nSPS) is 23.5. The van der Waals surface area contributed by atoms with Crippen molar-refractivity contribution in [2.24, 2.45) is 5.41 Å². The van der Waals surface area contributed by atoms with Crippen LogP contribution >= 0.6 is 0 Å². The molecule has 2 fully saturated rings. The molecule has 0 unspecified atom stereocenters. The van der Waals surface area contributed by atoms with Crippen LogP contribution in [0.1, 0.15) is 49.6 Å². The third kappa shape index (κ3) is 4.06. The van der Waals surface area contributed by atoms with E-state index >= 15 is 0 Å². The van der Waals surface area contributed by atoms with E-state index < -0.39 is 26.9 Å². The molecule has 2 bridgehead atoms. The zero-order valence-electron chi connectivity index (χ0n) is 22.6. The summed E-state index contributed by atoms with van der Waals surface area (Å²) in [6.07, 6.45) is 4.49. The number of halogens is 2. The minimum Gasteiger partial charge on any atom is -0.338 e. The SMILES string of the molecule is CC1(C)[C@H]2CC[C@]1(c1ccnc(N3CCN(CCS(C)(=O)=O)C(=O)C3)n1)c1nnc(-c3c(F)cccc3F)cc12. The monoisotopic (exact) mass is 568 g/mol. The number of amides is 1. The lowest BCUT2D eigenvalue weighted by Gasteiger charge is -2.38. The molecule has 6 rings (SSSR count). The second kappa shape index (κ2) is 9.25. The molecule has 0 N–H and O–H groups in total. The quantitative estimate of drug-likeness (QED) is 0.446. The van der Waals surface area contributed by atoms with Gasteiger partial charge < -0.3 is 9.80 Å². The molecule has 3 aliphatic rings. The summed E-state index contributed by atoms with van der Waals surface area (Å²) in [5.74, 6) is -1.09. The summed E-state index contributed by atoms with van der Waals surface area (Å²) in [6, 6.07) is 7.39. The van der Waals surface area contributed by atoms with E-state index in [1.807, 2.05) is 11.0 Å². The number of piperazine rings is 1. The molecule has 1 aliphatic heterocycles. The number of rotatable bonds is 6. The molecular weight excluding hydrogens is 538 g/mol. The van der Waals surface area contributed by atoms with Gasteiger partial charge in [0.15, 0.2) is 0 Å². The summed E-state index contributed by atoms with van der Waals surface area (Å²) < 4.78 is 52.2. The summed E-state index contributed by atoms with van der Waals surface area (Å²) in [5.41, 5.74) is 1.57. The summed E-state index contributed by atoms with van der Waals surface area (Å²) in [7, 11) is -3.17. The molecule has 3 aromatic rings. The maximum Gasteiger partial charge on any atom is 0.242 e. The van der Waals surface area contributed by atoms with E-state index in [-0.39, 0.29) is 47.3 Å². The van der Waals surface area contributed by atoms with E-state index in [1.165, 1.54) is 18.2 Å². The van der Waals surface area contributed by atoms with Crippen LogP contribution in [0.2, 0.25) is 0 Å². The Labute approximate surface area is 231 Å². The van der Waals surface area contributed by atoms with Crippen LogP contribution in [0.4, 0.5) is 14.7 Å². The van der Waals surface area contributed by atoms with Gasteiger partial charge >= 0.3 is 0 Å². The average molecular weight is 569 g/mol. The predicted molar refractivity (Wildman–Crippen MR) is 144 cm³/mol. The molecule has 1 saturated heterocycles. The van der Waals surface area contributed by atoms with Crippen LogP contribution in [-0.4, -0.2) is 77.6 Å². The van der Waals surface area contributed by atoms with Gasteiger partial charge in [0.05, 0.1) is 40.4 Å². The van der Waals surface area contributed by atoms with E-state index in [1.54, 1.807) is 17.2 Å². The Morgan fingerprint density at radius 1 is 1.10 bits per heavy atom. The summed E-state index contributed by atoms with van der Waals surface area (Å²) in [4.78, 5) is 25.6. The van der Waals surface area contributed by atoms with Gasteiger partial charge in [-0.15, -0.1) is 5.10 Å². The Bertz CT molecular complexity index is 1610. The number of sulfone groups is 1. The van der Waals surface area contributed by atoms with Crippen molar-refractivity contribution in [3.05, 3.63) is 65.1 Å². The summed E-state index contributed by atoms with van der Waals surface area (Å²) in [6.45, 7) is 5.42. The molecule has 1 amide bonds. The standard InChI is InChI=1S/C28H30F2N6O3S/c1-27(2)18-7-9-28(27,25-17(18)15-21(33-34-25)24-19(29)5-4-6-20(24)30)22-8-10-31-26(32-22)36-12-11-35(23(37)16-36)13-14-40(3,38)39/h4-6,8,10,15,18H,7,9,11-14,16H2,1-3H3/t18-,28-/m0/s1. The highest BCUT2D eigenvalue weighted by atomic mass is 32.2. The maximum atomic E-state index is 14.6. The van der Waals surface area contributed by atoms with Crippen LogP contribution in [-0.2, 0) is 20.0 Å². The molecule has 1 saturated carbocycles. The zero-order valence-corrected chi connectivity index (χ0v) is 23.4. The van der Waals surface area contributed by atoms with Crippen LogP contribution in [0.25, 0.3) is 11.3 Å². The van der Waals surface area contributed by atoms with Gasteiger partial charge in [-0.05, 0) is 54.0 Å². The van der Waals surface area contributed by atoms with E-state index in [0.717, 1.165) is 36.0 Å². The molecule has 2 aliphatic carbocycles. The minimum absolute atomic E-state index is 0.0557. The van der Waals surface area contributed by atoms with Gasteiger partial charge in [0.25, 0.3) is 0 Å². The van der Waals surface area contributed by atoms with Crippen LogP contribution in [0, 0.1) is 17.0 Å². The molecular formula is C28H30F2N6O3S. The van der Waals surface area contributed by atoms with Gasteiger partial charge in [-0.25, -0.2) is 27.2 Å². The van der Waals surface area contributed by atoms with E-state index in [4.69, 9.17) is 4.98 Å². The molecule has 2 aromatic heterocycles. The fraction of sp³-hybridized carbons (Fsp3) is 0.464. The average Bonchev–Trinajstić information content (AvgIpc) is 3.28. The first-order valence-electron chi connectivity index (χ1n) is 13.3. The van der Waals surface area contributed by atoms with E-state index in [2.05, 4.69) is 29.0 Å². The van der Waals surface area contributed by atoms with Crippen molar-refractivity contribution >= 4 is 21.7 Å². The number of carbonyl (C=O) groups is 1. The van der Waals surface area contributed by atoms with Crippen molar-refractivity contribution < 1.29 is 22.0 Å². The van der Waals surface area contributed by atoms with Crippen LogP contribution in [0.15, 0.2) is 36.5 Å². The fourth-order valence-electron chi connectivity index (χ4n) is 6.89. The highest BCUT2D eigenvalue weighted by Crippen LogP contribution is 2.69. The first kappa shape index (κ1) is 26.7. The number of carbonyl (C=O) groups excluding carboxylic acids is 1. The van der Waals surface area contributed by atoms with Gasteiger partial charge in [-0.3, -0.25) is 4.79 Å². The lowest BCUT2D eigenvalue weighted by molar-refractivity contribution is -0.130. The van der Waals surface area contributed by atoms with Crippen molar-refractivity contribution in [1.29, 1.82) is 0 Å². The molecule has 1 aromatic carbocycles. The molecule has 0 spiro atoms. The van der Waals surface area contributed by atoms with Crippen molar-refractivity contribution in [1.82, 2.24) is 25.1 Å².